The molecule has 0 unspecified atom stereocenters. The minimum absolute atomic E-state index is 0.164. The fourth-order valence-corrected chi connectivity index (χ4v) is 3.95. The van der Waals surface area contributed by atoms with Gasteiger partial charge in [0.1, 0.15) is 15.2 Å². The summed E-state index contributed by atoms with van der Waals surface area (Å²) in [6.45, 7) is 4.32. The van der Waals surface area contributed by atoms with Crippen molar-refractivity contribution >= 4 is 21.4 Å². The van der Waals surface area contributed by atoms with Crippen molar-refractivity contribution in [2.24, 2.45) is 0 Å². The Morgan fingerprint density at radius 3 is 2.83 bits per heavy atom. The smallest absolute Gasteiger partial charge is 0.252 e. The van der Waals surface area contributed by atoms with E-state index >= 15 is 0 Å². The molecule has 0 aliphatic carbocycles. The lowest BCUT2D eigenvalue weighted by Crippen LogP contribution is -2.33. The minimum atomic E-state index is -3.58. The van der Waals surface area contributed by atoms with Gasteiger partial charge in [0.15, 0.2) is 0 Å². The highest BCUT2D eigenvalue weighted by molar-refractivity contribution is 7.91. The molecule has 0 saturated heterocycles. The van der Waals surface area contributed by atoms with E-state index in [0.717, 1.165) is 11.3 Å². The lowest BCUT2D eigenvalue weighted by Gasteiger charge is -2.19. The van der Waals surface area contributed by atoms with E-state index in [1.165, 1.54) is 29.6 Å². The second-order valence-corrected chi connectivity index (χ2v) is 6.62. The van der Waals surface area contributed by atoms with Crippen molar-refractivity contribution in [2.45, 2.75) is 4.21 Å². The number of methoxy groups -OCH3 is 1. The van der Waals surface area contributed by atoms with Crippen molar-refractivity contribution in [1.82, 2.24) is 4.31 Å². The van der Waals surface area contributed by atoms with Crippen LogP contribution in [0.4, 0.5) is 0 Å². The lowest BCUT2D eigenvalue weighted by molar-refractivity contribution is 0.182. The van der Waals surface area contributed by atoms with Gasteiger partial charge in [-0.25, -0.2) is 8.42 Å². The van der Waals surface area contributed by atoms with Crippen LogP contribution in [0.1, 0.15) is 4.88 Å². The van der Waals surface area contributed by atoms with Crippen LogP contribution in [0.2, 0.25) is 0 Å². The molecule has 1 aromatic heterocycles. The average Bonchev–Trinajstić information content (AvgIpc) is 2.83. The zero-order valence-corrected chi connectivity index (χ0v) is 11.6. The fourth-order valence-electron chi connectivity index (χ4n) is 1.29. The lowest BCUT2D eigenvalue weighted by atomic mass is 10.5. The Labute approximate surface area is 111 Å². The third kappa shape index (κ3) is 3.40. The molecular formula is C11H14N2O3S2. The standard InChI is InChI=1S/C11H14N2O3S2/c1-3-6-13(7-8-16-2)18(14,15)11-5-4-10(9-12)17-11/h3-5H,1,6-8H2,2H3. The van der Waals surface area contributed by atoms with Crippen molar-refractivity contribution in [3.05, 3.63) is 29.7 Å². The molecule has 0 fully saturated rings. The van der Waals surface area contributed by atoms with Crippen molar-refractivity contribution in [3.8, 4) is 6.07 Å². The van der Waals surface area contributed by atoms with E-state index in [2.05, 4.69) is 6.58 Å². The number of nitriles is 1. The third-order valence-corrected chi connectivity index (χ3v) is 5.49. The Kier molecular flexibility index (Phi) is 5.50. The molecule has 1 aromatic rings. The van der Waals surface area contributed by atoms with Crippen LogP contribution in [0.5, 0.6) is 0 Å². The van der Waals surface area contributed by atoms with Crippen LogP contribution in [0.25, 0.3) is 0 Å². The number of nitrogens with zero attached hydrogens (tertiary/aromatic N) is 2. The molecule has 0 bridgehead atoms. The molecule has 18 heavy (non-hydrogen) atoms. The van der Waals surface area contributed by atoms with Crippen LogP contribution in [0.15, 0.2) is 29.0 Å². The highest BCUT2D eigenvalue weighted by Crippen LogP contribution is 2.24. The van der Waals surface area contributed by atoms with Gasteiger partial charge in [0, 0.05) is 20.2 Å². The molecule has 0 N–H and O–H groups in total. The maximum Gasteiger partial charge on any atom is 0.252 e. The Hall–Kier alpha value is -1.20. The Morgan fingerprint density at radius 1 is 1.61 bits per heavy atom. The number of sulfonamides is 1. The molecule has 0 spiro atoms. The molecule has 5 nitrogen and oxygen atoms in total. The molecule has 0 saturated carbocycles. The van der Waals surface area contributed by atoms with E-state index in [9.17, 15) is 8.42 Å². The summed E-state index contributed by atoms with van der Waals surface area (Å²) < 4.78 is 30.9. The summed E-state index contributed by atoms with van der Waals surface area (Å²) in [4.78, 5) is 0.374. The van der Waals surface area contributed by atoms with E-state index < -0.39 is 10.0 Å². The molecule has 0 aromatic carbocycles. The molecule has 0 aliphatic rings. The SMILES string of the molecule is C=CCN(CCOC)S(=O)(=O)c1ccc(C#N)s1. The maximum absolute atomic E-state index is 12.3. The first-order valence-electron chi connectivity index (χ1n) is 5.16. The summed E-state index contributed by atoms with van der Waals surface area (Å²) in [5.74, 6) is 0. The van der Waals surface area contributed by atoms with Crippen molar-refractivity contribution in [2.75, 3.05) is 26.8 Å². The van der Waals surface area contributed by atoms with Crippen molar-refractivity contribution in [1.29, 1.82) is 5.26 Å². The zero-order chi connectivity index (χ0) is 13.6. The van der Waals surface area contributed by atoms with Gasteiger partial charge < -0.3 is 4.74 Å². The number of hydrogen-bond acceptors (Lipinski definition) is 5. The van der Waals surface area contributed by atoms with Gasteiger partial charge in [-0.1, -0.05) is 6.08 Å². The van der Waals surface area contributed by atoms with Crippen LogP contribution >= 0.6 is 11.3 Å². The first-order valence-corrected chi connectivity index (χ1v) is 7.42. The molecule has 0 atom stereocenters. The Bertz CT molecular complexity index is 543. The molecule has 0 aliphatic heterocycles. The van der Waals surface area contributed by atoms with Gasteiger partial charge in [-0.05, 0) is 12.1 Å². The van der Waals surface area contributed by atoms with E-state index in [1.54, 1.807) is 0 Å². The van der Waals surface area contributed by atoms with Crippen molar-refractivity contribution in [3.63, 3.8) is 0 Å². The van der Waals surface area contributed by atoms with Gasteiger partial charge in [0.2, 0.25) is 0 Å². The third-order valence-electron chi connectivity index (χ3n) is 2.16. The van der Waals surface area contributed by atoms with Crippen LogP contribution in [-0.4, -0.2) is 39.5 Å². The predicted octanol–water partition coefficient (Wildman–Crippen LogP) is 1.44. The summed E-state index contributed by atoms with van der Waals surface area (Å²) in [5.41, 5.74) is 0. The van der Waals surface area contributed by atoms with E-state index in [4.69, 9.17) is 10.00 Å². The summed E-state index contributed by atoms with van der Waals surface area (Å²) in [5, 5.41) is 8.72. The topological polar surface area (TPSA) is 70.4 Å². The normalized spacial score (nSPS) is 11.4. The van der Waals surface area contributed by atoms with Crippen molar-refractivity contribution < 1.29 is 13.2 Å². The van der Waals surface area contributed by atoms with E-state index in [0.29, 0.717) is 11.5 Å². The largest absolute Gasteiger partial charge is 0.383 e. The van der Waals surface area contributed by atoms with E-state index in [-0.39, 0.29) is 17.3 Å². The molecule has 7 heteroatoms. The Balaban J connectivity index is 3.00. The highest BCUT2D eigenvalue weighted by Gasteiger charge is 2.24. The Morgan fingerprint density at radius 2 is 2.33 bits per heavy atom. The maximum atomic E-state index is 12.3. The number of ether oxygens (including phenoxy) is 1. The summed E-state index contributed by atoms with van der Waals surface area (Å²) in [7, 11) is -2.06. The second-order valence-electron chi connectivity index (χ2n) is 3.38. The van der Waals surface area contributed by atoms with Gasteiger partial charge in [-0.15, -0.1) is 17.9 Å². The van der Waals surface area contributed by atoms with Gasteiger partial charge in [0.05, 0.1) is 6.61 Å². The second kappa shape index (κ2) is 6.66. The molecular weight excluding hydrogens is 272 g/mol. The molecule has 0 amide bonds. The highest BCUT2D eigenvalue weighted by atomic mass is 32.2. The quantitative estimate of drug-likeness (QED) is 0.711. The molecule has 98 valence electrons. The number of hydrogen-bond donors (Lipinski definition) is 0. The number of rotatable bonds is 7. The van der Waals surface area contributed by atoms with Gasteiger partial charge in [-0.3, -0.25) is 0 Å². The van der Waals surface area contributed by atoms with Crippen LogP contribution in [0, 0.1) is 11.3 Å². The first kappa shape index (κ1) is 14.9. The van der Waals surface area contributed by atoms with E-state index in [1.807, 2.05) is 6.07 Å². The molecule has 1 rings (SSSR count). The van der Waals surface area contributed by atoms with Gasteiger partial charge in [0.25, 0.3) is 10.0 Å². The summed E-state index contributed by atoms with van der Waals surface area (Å²) in [6, 6.07) is 4.87. The van der Waals surface area contributed by atoms with Crippen LogP contribution in [-0.2, 0) is 14.8 Å². The van der Waals surface area contributed by atoms with Gasteiger partial charge in [-0.2, -0.15) is 9.57 Å². The zero-order valence-electron chi connectivity index (χ0n) is 10.00. The fraction of sp³-hybridized carbons (Fsp3) is 0.364. The average molecular weight is 286 g/mol. The number of thiophene rings is 1. The van der Waals surface area contributed by atoms with Gasteiger partial charge >= 0.3 is 0 Å². The first-order chi connectivity index (χ1) is 8.56. The summed E-state index contributed by atoms with van der Waals surface area (Å²) >= 11 is 0.962. The van der Waals surface area contributed by atoms with Crippen LogP contribution < -0.4 is 0 Å². The predicted molar refractivity (Wildman–Crippen MR) is 69.9 cm³/mol. The summed E-state index contributed by atoms with van der Waals surface area (Å²) in [6.07, 6.45) is 1.52. The van der Waals surface area contributed by atoms with Crippen LogP contribution in [0.3, 0.4) is 0 Å². The molecule has 0 radical (unpaired) electrons. The minimum Gasteiger partial charge on any atom is -0.383 e. The molecule has 1 heterocycles. The monoisotopic (exact) mass is 286 g/mol.